The third kappa shape index (κ3) is 1.89. The summed E-state index contributed by atoms with van der Waals surface area (Å²) in [5, 5.41) is 11.2. The highest BCUT2D eigenvalue weighted by Crippen LogP contribution is 2.32. The first kappa shape index (κ1) is 11.3. The summed E-state index contributed by atoms with van der Waals surface area (Å²) in [6.07, 6.45) is 7.22. The van der Waals surface area contributed by atoms with Crippen LogP contribution in [-0.2, 0) is 0 Å². The minimum atomic E-state index is 0.428. The summed E-state index contributed by atoms with van der Waals surface area (Å²) in [5.74, 6) is 2.51. The van der Waals surface area contributed by atoms with Gasteiger partial charge in [-0.25, -0.2) is 5.06 Å². The summed E-state index contributed by atoms with van der Waals surface area (Å²) in [6.45, 7) is 5.70. The zero-order valence-electron chi connectivity index (χ0n) is 9.64. The molecular weight excluding hydrogens is 210 g/mol. The van der Waals surface area contributed by atoms with Crippen LogP contribution in [0, 0.1) is 12.3 Å². The molecule has 2 rings (SSSR count). The van der Waals surface area contributed by atoms with Gasteiger partial charge in [0, 0.05) is 5.56 Å². The van der Waals surface area contributed by atoms with Crippen LogP contribution < -0.4 is 0 Å². The van der Waals surface area contributed by atoms with Gasteiger partial charge in [0.15, 0.2) is 0 Å². The number of benzene rings is 1. The molecule has 0 amide bonds. The Hall–Kier alpha value is -2.24. The molecule has 1 heterocycles. The predicted octanol–water partition coefficient (Wildman–Crippen LogP) is 3.20. The largest absolute Gasteiger partial charge is 0.283 e. The van der Waals surface area contributed by atoms with Gasteiger partial charge in [-0.15, -0.1) is 6.42 Å². The molecule has 0 spiro atoms. The van der Waals surface area contributed by atoms with E-state index >= 15 is 0 Å². The number of allylic oxidation sites excluding steroid dienone is 3. The number of hydrogen-bond acceptors (Lipinski definition) is 2. The maximum absolute atomic E-state index is 10.1. The molecule has 1 aromatic rings. The average molecular weight is 223 g/mol. The second kappa shape index (κ2) is 4.32. The van der Waals surface area contributed by atoms with Gasteiger partial charge < -0.3 is 0 Å². The summed E-state index contributed by atoms with van der Waals surface area (Å²) in [6, 6.07) is 9.65. The maximum Gasteiger partial charge on any atom is 0.0795 e. The Labute approximate surface area is 101 Å². The normalized spacial score (nSPS) is 15.7. The van der Waals surface area contributed by atoms with Gasteiger partial charge in [-0.1, -0.05) is 42.8 Å². The van der Waals surface area contributed by atoms with Gasteiger partial charge in [0.05, 0.1) is 17.0 Å². The van der Waals surface area contributed by atoms with Crippen LogP contribution in [-0.4, -0.2) is 10.3 Å². The molecule has 0 aliphatic carbocycles. The molecule has 84 valence electrons. The second-order valence-corrected chi connectivity index (χ2v) is 3.86. The van der Waals surface area contributed by atoms with Crippen LogP contribution in [0.1, 0.15) is 12.5 Å². The summed E-state index contributed by atoms with van der Waals surface area (Å²) >= 11 is 0. The van der Waals surface area contributed by atoms with E-state index in [0.29, 0.717) is 11.3 Å². The van der Waals surface area contributed by atoms with Crippen LogP contribution in [0.15, 0.2) is 59.8 Å². The van der Waals surface area contributed by atoms with E-state index in [1.165, 1.54) is 0 Å². The lowest BCUT2D eigenvalue weighted by atomic mass is 9.99. The van der Waals surface area contributed by atoms with Gasteiger partial charge in [0.25, 0.3) is 0 Å². The summed E-state index contributed by atoms with van der Waals surface area (Å²) in [7, 11) is 0. The summed E-state index contributed by atoms with van der Waals surface area (Å²) < 4.78 is 0. The Kier molecular flexibility index (Phi) is 2.86. The second-order valence-electron chi connectivity index (χ2n) is 3.86. The lowest BCUT2D eigenvalue weighted by Gasteiger charge is -2.27. The van der Waals surface area contributed by atoms with E-state index in [-0.39, 0.29) is 0 Å². The molecular formula is C15H13NO. The molecule has 0 unspecified atom stereocenters. The first-order valence-electron chi connectivity index (χ1n) is 5.28. The fourth-order valence-electron chi connectivity index (χ4n) is 1.86. The van der Waals surface area contributed by atoms with Gasteiger partial charge in [-0.05, 0) is 18.6 Å². The predicted molar refractivity (Wildman–Crippen MR) is 68.7 cm³/mol. The molecule has 2 heteroatoms. The maximum atomic E-state index is 10.1. The molecule has 0 atom stereocenters. The van der Waals surface area contributed by atoms with Crippen molar-refractivity contribution in [3.8, 4) is 12.3 Å². The standard InChI is InChI=1S/C15H13NO/c1-4-13-10-11(2)15(16(17)12(13)3)14-8-6-5-7-9-14/h1,5-10,17H,3H2,2H3. The van der Waals surface area contributed by atoms with E-state index in [9.17, 15) is 5.21 Å². The lowest BCUT2D eigenvalue weighted by Crippen LogP contribution is -2.21. The van der Waals surface area contributed by atoms with E-state index < -0.39 is 0 Å². The van der Waals surface area contributed by atoms with Gasteiger partial charge in [0.1, 0.15) is 0 Å². The topological polar surface area (TPSA) is 23.5 Å². The number of hydroxylamine groups is 2. The van der Waals surface area contributed by atoms with E-state index in [1.54, 1.807) is 0 Å². The SMILES string of the molecule is C#CC1=CC(C)=C(c2ccccc2)N(O)C1=C. The van der Waals surface area contributed by atoms with E-state index in [0.717, 1.165) is 21.9 Å². The zero-order chi connectivity index (χ0) is 12.4. The van der Waals surface area contributed by atoms with Crippen LogP contribution in [0.2, 0.25) is 0 Å². The Balaban J connectivity index is 2.58. The number of hydrogen-bond donors (Lipinski definition) is 1. The molecule has 1 aromatic carbocycles. The Morgan fingerprint density at radius 2 is 1.94 bits per heavy atom. The molecule has 1 aliphatic rings. The molecule has 0 saturated heterocycles. The van der Waals surface area contributed by atoms with Crippen LogP contribution in [0.5, 0.6) is 0 Å². The van der Waals surface area contributed by atoms with Crippen molar-refractivity contribution in [3.05, 3.63) is 65.4 Å². The smallest absolute Gasteiger partial charge is 0.0795 e. The highest BCUT2D eigenvalue weighted by atomic mass is 16.5. The lowest BCUT2D eigenvalue weighted by molar-refractivity contribution is 0.0121. The fourth-order valence-corrected chi connectivity index (χ4v) is 1.86. The first-order chi connectivity index (χ1) is 8.15. The molecule has 1 N–H and O–H groups in total. The zero-order valence-corrected chi connectivity index (χ0v) is 9.64. The van der Waals surface area contributed by atoms with Crippen molar-refractivity contribution < 1.29 is 5.21 Å². The summed E-state index contributed by atoms with van der Waals surface area (Å²) in [5.41, 5.74) is 3.59. The van der Waals surface area contributed by atoms with Crippen molar-refractivity contribution in [2.45, 2.75) is 6.92 Å². The van der Waals surface area contributed by atoms with Gasteiger partial charge >= 0.3 is 0 Å². The third-order valence-electron chi connectivity index (χ3n) is 2.72. The van der Waals surface area contributed by atoms with Crippen molar-refractivity contribution in [3.63, 3.8) is 0 Å². The minimum Gasteiger partial charge on any atom is -0.283 e. The van der Waals surface area contributed by atoms with Crippen molar-refractivity contribution in [2.24, 2.45) is 0 Å². The van der Waals surface area contributed by atoms with Gasteiger partial charge in [-0.3, -0.25) is 5.21 Å². The van der Waals surface area contributed by atoms with Crippen molar-refractivity contribution >= 4 is 5.70 Å². The molecule has 0 fully saturated rings. The van der Waals surface area contributed by atoms with Crippen LogP contribution >= 0.6 is 0 Å². The number of rotatable bonds is 1. The molecule has 0 saturated carbocycles. The van der Waals surface area contributed by atoms with Crippen LogP contribution in [0.3, 0.4) is 0 Å². The molecule has 0 radical (unpaired) electrons. The Morgan fingerprint density at radius 3 is 2.53 bits per heavy atom. The average Bonchev–Trinajstić information content (AvgIpc) is 2.35. The third-order valence-corrected chi connectivity index (χ3v) is 2.72. The van der Waals surface area contributed by atoms with Crippen LogP contribution in [0.25, 0.3) is 5.70 Å². The highest BCUT2D eigenvalue weighted by molar-refractivity contribution is 5.74. The van der Waals surface area contributed by atoms with Gasteiger partial charge in [-0.2, -0.15) is 0 Å². The molecule has 17 heavy (non-hydrogen) atoms. The van der Waals surface area contributed by atoms with E-state index in [1.807, 2.05) is 43.3 Å². The van der Waals surface area contributed by atoms with Crippen molar-refractivity contribution in [1.82, 2.24) is 5.06 Å². The summed E-state index contributed by atoms with van der Waals surface area (Å²) in [4.78, 5) is 0. The molecule has 2 nitrogen and oxygen atoms in total. The monoisotopic (exact) mass is 223 g/mol. The first-order valence-corrected chi connectivity index (χ1v) is 5.28. The van der Waals surface area contributed by atoms with Crippen LogP contribution in [0.4, 0.5) is 0 Å². The minimum absolute atomic E-state index is 0.428. The van der Waals surface area contributed by atoms with E-state index in [4.69, 9.17) is 6.42 Å². The number of nitrogens with zero attached hydrogens (tertiary/aromatic N) is 1. The molecule has 0 aromatic heterocycles. The highest BCUT2D eigenvalue weighted by Gasteiger charge is 2.21. The fraction of sp³-hybridized carbons (Fsp3) is 0.0667. The molecule has 0 bridgehead atoms. The molecule has 1 aliphatic heterocycles. The number of terminal acetylenes is 1. The Morgan fingerprint density at radius 1 is 1.29 bits per heavy atom. The van der Waals surface area contributed by atoms with Crippen molar-refractivity contribution in [1.29, 1.82) is 0 Å². The van der Waals surface area contributed by atoms with Gasteiger partial charge in [0.2, 0.25) is 0 Å². The quantitative estimate of drug-likeness (QED) is 0.739. The van der Waals surface area contributed by atoms with Crippen molar-refractivity contribution in [2.75, 3.05) is 0 Å². The Bertz CT molecular complexity index is 558. The van der Waals surface area contributed by atoms with E-state index in [2.05, 4.69) is 12.5 Å².